The second-order valence-corrected chi connectivity index (χ2v) is 1.67. The van der Waals surface area contributed by atoms with Crippen molar-refractivity contribution in [3.8, 4) is 0 Å². The van der Waals surface area contributed by atoms with Crippen LogP contribution in [0.15, 0.2) is 24.3 Å². The van der Waals surface area contributed by atoms with E-state index in [1.165, 1.54) is 0 Å². The van der Waals surface area contributed by atoms with Gasteiger partial charge < -0.3 is 17.6 Å². The summed E-state index contributed by atoms with van der Waals surface area (Å²) in [5.41, 5.74) is 12.2. The topological polar surface area (TPSA) is 87.0 Å². The van der Waals surface area contributed by atoms with Crippen LogP contribution < -0.4 is 17.6 Å². The Kier molecular flexibility index (Phi) is 2.54. The summed E-state index contributed by atoms with van der Waals surface area (Å²) in [5.74, 6) is 0. The van der Waals surface area contributed by atoms with Crippen LogP contribution in [0.1, 0.15) is 0 Å². The van der Waals surface area contributed by atoms with Crippen molar-refractivity contribution in [2.24, 2.45) is 0 Å². The molecular formula is C6H11N3. The van der Waals surface area contributed by atoms with Gasteiger partial charge in [0.2, 0.25) is 0 Å². The minimum atomic E-state index is 0. The maximum Gasteiger partial charge on any atom is 0.0334 e. The molecule has 0 aliphatic carbocycles. The Hall–Kier alpha value is -1.22. The molecule has 0 amide bonds. The summed E-state index contributed by atoms with van der Waals surface area (Å²) in [5, 5.41) is 0. The Morgan fingerprint density at radius 2 is 1.44 bits per heavy atom. The maximum absolute atomic E-state index is 5.38. The van der Waals surface area contributed by atoms with Crippen molar-refractivity contribution in [2.75, 3.05) is 11.5 Å². The number of anilines is 2. The predicted octanol–water partition coefficient (Wildman–Crippen LogP) is 1.01. The molecule has 1 aromatic carbocycles. The standard InChI is InChI=1S/C6H8N2.H3N/c7-5-2-1-3-6(8)4-5;/h1-4H,7-8H2;1H3. The molecule has 3 nitrogen and oxygen atoms in total. The van der Waals surface area contributed by atoms with E-state index in [0.29, 0.717) is 11.4 Å². The van der Waals surface area contributed by atoms with Crippen molar-refractivity contribution in [3.63, 3.8) is 0 Å². The van der Waals surface area contributed by atoms with Gasteiger partial charge in [0.1, 0.15) is 0 Å². The van der Waals surface area contributed by atoms with Crippen molar-refractivity contribution in [1.29, 1.82) is 0 Å². The fourth-order valence-electron chi connectivity index (χ4n) is 0.559. The van der Waals surface area contributed by atoms with Crippen molar-refractivity contribution < 1.29 is 0 Å². The van der Waals surface area contributed by atoms with E-state index in [1.54, 1.807) is 18.2 Å². The van der Waals surface area contributed by atoms with Gasteiger partial charge in [0.15, 0.2) is 0 Å². The average molecular weight is 125 g/mol. The molecule has 7 N–H and O–H groups in total. The third kappa shape index (κ3) is 2.01. The van der Waals surface area contributed by atoms with Gasteiger partial charge in [-0.05, 0) is 18.2 Å². The lowest BCUT2D eigenvalue weighted by atomic mass is 10.3. The lowest BCUT2D eigenvalue weighted by molar-refractivity contribution is 1.67. The fourth-order valence-corrected chi connectivity index (χ4v) is 0.559. The minimum Gasteiger partial charge on any atom is -0.399 e. The zero-order valence-corrected chi connectivity index (χ0v) is 5.17. The molecule has 0 aliphatic rings. The number of hydrogen-bond acceptors (Lipinski definition) is 3. The summed E-state index contributed by atoms with van der Waals surface area (Å²) in [6.07, 6.45) is 0. The van der Waals surface area contributed by atoms with Crippen molar-refractivity contribution >= 4 is 11.4 Å². The van der Waals surface area contributed by atoms with Crippen LogP contribution in [-0.2, 0) is 0 Å². The largest absolute Gasteiger partial charge is 0.399 e. The summed E-state index contributed by atoms with van der Waals surface area (Å²) in [6, 6.07) is 7.15. The summed E-state index contributed by atoms with van der Waals surface area (Å²) < 4.78 is 0. The molecule has 50 valence electrons. The number of benzene rings is 1. The van der Waals surface area contributed by atoms with Crippen molar-refractivity contribution in [3.05, 3.63) is 24.3 Å². The third-order valence-electron chi connectivity index (χ3n) is 0.911. The molecule has 0 fully saturated rings. The van der Waals surface area contributed by atoms with Crippen LogP contribution in [0.25, 0.3) is 0 Å². The molecule has 0 radical (unpaired) electrons. The number of nitrogen functional groups attached to an aromatic ring is 2. The van der Waals surface area contributed by atoms with Gasteiger partial charge in [0.25, 0.3) is 0 Å². The SMILES string of the molecule is N.Nc1cccc(N)c1. The molecule has 3 heteroatoms. The molecule has 1 aromatic rings. The minimum absolute atomic E-state index is 0. The normalized spacial score (nSPS) is 8.00. The highest BCUT2D eigenvalue weighted by Gasteiger charge is 1.81. The highest BCUT2D eigenvalue weighted by Crippen LogP contribution is 2.06. The average Bonchev–Trinajstić information content (AvgIpc) is 1.64. The number of hydrogen-bond donors (Lipinski definition) is 3. The Morgan fingerprint density at radius 3 is 1.67 bits per heavy atom. The second kappa shape index (κ2) is 2.94. The molecule has 0 saturated heterocycles. The van der Waals surface area contributed by atoms with Crippen LogP contribution in [-0.4, -0.2) is 0 Å². The van der Waals surface area contributed by atoms with E-state index in [-0.39, 0.29) is 6.15 Å². The molecule has 1 rings (SSSR count). The van der Waals surface area contributed by atoms with E-state index in [0.717, 1.165) is 0 Å². The molecule has 0 unspecified atom stereocenters. The first-order valence-corrected chi connectivity index (χ1v) is 2.40. The van der Waals surface area contributed by atoms with Crippen LogP contribution in [0.3, 0.4) is 0 Å². The van der Waals surface area contributed by atoms with Crippen molar-refractivity contribution in [2.45, 2.75) is 0 Å². The lowest BCUT2D eigenvalue weighted by Crippen LogP contribution is -1.87. The molecule has 0 aliphatic heterocycles. The van der Waals surface area contributed by atoms with Gasteiger partial charge in [0.05, 0.1) is 0 Å². The Bertz CT molecular complexity index is 168. The Morgan fingerprint density at radius 1 is 1.00 bits per heavy atom. The highest BCUT2D eigenvalue weighted by molar-refractivity contribution is 5.50. The van der Waals surface area contributed by atoms with Gasteiger partial charge >= 0.3 is 0 Å². The molecule has 0 heterocycles. The monoisotopic (exact) mass is 125 g/mol. The van der Waals surface area contributed by atoms with E-state index in [1.807, 2.05) is 6.07 Å². The zero-order chi connectivity index (χ0) is 5.98. The van der Waals surface area contributed by atoms with E-state index >= 15 is 0 Å². The van der Waals surface area contributed by atoms with Gasteiger partial charge in [0, 0.05) is 11.4 Å². The van der Waals surface area contributed by atoms with Crippen molar-refractivity contribution in [1.82, 2.24) is 6.15 Å². The zero-order valence-electron chi connectivity index (χ0n) is 5.17. The van der Waals surface area contributed by atoms with Gasteiger partial charge in [-0.1, -0.05) is 6.07 Å². The van der Waals surface area contributed by atoms with E-state index in [2.05, 4.69) is 0 Å². The van der Waals surface area contributed by atoms with Crippen LogP contribution >= 0.6 is 0 Å². The van der Waals surface area contributed by atoms with Gasteiger partial charge in [-0.15, -0.1) is 0 Å². The first-order valence-electron chi connectivity index (χ1n) is 2.40. The fraction of sp³-hybridized carbons (Fsp3) is 0. The summed E-state index contributed by atoms with van der Waals surface area (Å²) >= 11 is 0. The molecule has 0 spiro atoms. The predicted molar refractivity (Wildman–Crippen MR) is 40.3 cm³/mol. The highest BCUT2D eigenvalue weighted by atomic mass is 14.6. The lowest BCUT2D eigenvalue weighted by Gasteiger charge is -1.91. The quantitative estimate of drug-likeness (QED) is 0.452. The summed E-state index contributed by atoms with van der Waals surface area (Å²) in [4.78, 5) is 0. The van der Waals surface area contributed by atoms with Crippen LogP contribution in [0.5, 0.6) is 0 Å². The van der Waals surface area contributed by atoms with E-state index in [9.17, 15) is 0 Å². The molecule has 9 heavy (non-hydrogen) atoms. The second-order valence-electron chi connectivity index (χ2n) is 1.67. The molecule has 0 atom stereocenters. The van der Waals surface area contributed by atoms with Gasteiger partial charge in [-0.2, -0.15) is 0 Å². The Balaban J connectivity index is 0.000000640. The first-order chi connectivity index (χ1) is 3.79. The van der Waals surface area contributed by atoms with Gasteiger partial charge in [-0.25, -0.2) is 0 Å². The number of nitrogens with two attached hydrogens (primary N) is 2. The van der Waals surface area contributed by atoms with E-state index < -0.39 is 0 Å². The molecule has 0 bridgehead atoms. The molecule has 0 saturated carbocycles. The number of rotatable bonds is 0. The van der Waals surface area contributed by atoms with E-state index in [4.69, 9.17) is 11.5 Å². The van der Waals surface area contributed by atoms with Crippen LogP contribution in [0.4, 0.5) is 11.4 Å². The van der Waals surface area contributed by atoms with Gasteiger partial charge in [-0.3, -0.25) is 0 Å². The summed E-state index contributed by atoms with van der Waals surface area (Å²) in [7, 11) is 0. The first kappa shape index (κ1) is 7.78. The molecular weight excluding hydrogens is 114 g/mol. The third-order valence-corrected chi connectivity index (χ3v) is 0.911. The smallest absolute Gasteiger partial charge is 0.0334 e. The maximum atomic E-state index is 5.38. The summed E-state index contributed by atoms with van der Waals surface area (Å²) in [6.45, 7) is 0. The van der Waals surface area contributed by atoms with Crippen LogP contribution in [0, 0.1) is 0 Å². The Labute approximate surface area is 54.2 Å². The molecule has 0 aromatic heterocycles. The van der Waals surface area contributed by atoms with Crippen LogP contribution in [0.2, 0.25) is 0 Å².